The number of anilines is 2. The molecule has 5 heteroatoms. The van der Waals surface area contributed by atoms with Crippen molar-refractivity contribution in [2.24, 2.45) is 0 Å². The second-order valence-electron chi connectivity index (χ2n) is 5.21. The van der Waals surface area contributed by atoms with Crippen LogP contribution in [0.5, 0.6) is 0 Å². The zero-order chi connectivity index (χ0) is 16.8. The number of amides is 1. The van der Waals surface area contributed by atoms with E-state index in [1.165, 1.54) is 12.5 Å². The van der Waals surface area contributed by atoms with E-state index in [1.54, 1.807) is 24.3 Å². The van der Waals surface area contributed by atoms with Crippen LogP contribution in [0.15, 0.2) is 48.5 Å². The predicted molar refractivity (Wildman–Crippen MR) is 90.2 cm³/mol. The quantitative estimate of drug-likeness (QED) is 0.657. The molecule has 2 rings (SSSR count). The minimum atomic E-state index is -0.897. The Balaban J connectivity index is 1.93. The van der Waals surface area contributed by atoms with Gasteiger partial charge in [0, 0.05) is 11.4 Å². The van der Waals surface area contributed by atoms with Crippen LogP contribution in [0.2, 0.25) is 0 Å². The third kappa shape index (κ3) is 4.57. The van der Waals surface area contributed by atoms with Crippen molar-refractivity contribution in [2.75, 3.05) is 11.1 Å². The second-order valence-corrected chi connectivity index (χ2v) is 5.21. The van der Waals surface area contributed by atoms with Crippen LogP contribution in [0.4, 0.5) is 11.4 Å². The SMILES string of the molecule is CCc1ccc(NC(=O)[C@@H](C)OC(=O)c2ccc(N)cc2)cc1. The van der Waals surface area contributed by atoms with Crippen LogP contribution in [0, 0.1) is 0 Å². The van der Waals surface area contributed by atoms with Gasteiger partial charge in [0.15, 0.2) is 6.10 Å². The lowest BCUT2D eigenvalue weighted by Crippen LogP contribution is -2.30. The highest BCUT2D eigenvalue weighted by atomic mass is 16.5. The number of hydrogen-bond donors (Lipinski definition) is 2. The number of hydrogen-bond acceptors (Lipinski definition) is 4. The molecule has 3 N–H and O–H groups in total. The van der Waals surface area contributed by atoms with Crippen molar-refractivity contribution in [3.63, 3.8) is 0 Å². The molecule has 0 radical (unpaired) electrons. The maximum Gasteiger partial charge on any atom is 0.338 e. The molecule has 0 spiro atoms. The topological polar surface area (TPSA) is 81.4 Å². The number of esters is 1. The van der Waals surface area contributed by atoms with E-state index in [0.29, 0.717) is 16.9 Å². The van der Waals surface area contributed by atoms with E-state index < -0.39 is 12.1 Å². The van der Waals surface area contributed by atoms with Crippen LogP contribution in [-0.4, -0.2) is 18.0 Å². The molecule has 2 aromatic rings. The molecule has 0 bridgehead atoms. The summed E-state index contributed by atoms with van der Waals surface area (Å²) in [6, 6.07) is 13.9. The molecule has 0 fully saturated rings. The maximum absolute atomic E-state index is 12.1. The van der Waals surface area contributed by atoms with Gasteiger partial charge >= 0.3 is 5.97 Å². The largest absolute Gasteiger partial charge is 0.449 e. The standard InChI is InChI=1S/C18H20N2O3/c1-3-13-4-10-16(11-5-13)20-17(21)12(2)23-18(22)14-6-8-15(19)9-7-14/h4-12H,3,19H2,1-2H3,(H,20,21)/t12-/m1/s1. The van der Waals surface area contributed by atoms with Gasteiger partial charge in [0.05, 0.1) is 5.56 Å². The molecule has 1 atom stereocenters. The lowest BCUT2D eigenvalue weighted by Gasteiger charge is -2.14. The number of nitrogens with one attached hydrogen (secondary N) is 1. The van der Waals surface area contributed by atoms with Gasteiger partial charge in [-0.15, -0.1) is 0 Å². The van der Waals surface area contributed by atoms with Crippen LogP contribution in [-0.2, 0) is 16.0 Å². The molecule has 0 aliphatic heterocycles. The van der Waals surface area contributed by atoms with E-state index in [9.17, 15) is 9.59 Å². The maximum atomic E-state index is 12.1. The predicted octanol–water partition coefficient (Wildman–Crippen LogP) is 3.02. The minimum Gasteiger partial charge on any atom is -0.449 e. The number of nitrogens with two attached hydrogens (primary N) is 1. The van der Waals surface area contributed by atoms with Crippen LogP contribution in [0.1, 0.15) is 29.8 Å². The second kappa shape index (κ2) is 7.45. The van der Waals surface area contributed by atoms with Crippen molar-refractivity contribution < 1.29 is 14.3 Å². The summed E-state index contributed by atoms with van der Waals surface area (Å²) in [5.41, 5.74) is 8.33. The third-order valence-corrected chi connectivity index (χ3v) is 3.43. The van der Waals surface area contributed by atoms with Gasteiger partial charge in [-0.25, -0.2) is 4.79 Å². The van der Waals surface area contributed by atoms with Crippen molar-refractivity contribution in [3.8, 4) is 0 Å². The summed E-state index contributed by atoms with van der Waals surface area (Å²) in [7, 11) is 0. The first-order valence-electron chi connectivity index (χ1n) is 7.46. The first-order valence-corrected chi connectivity index (χ1v) is 7.46. The van der Waals surface area contributed by atoms with Gasteiger partial charge in [-0.2, -0.15) is 0 Å². The Kier molecular flexibility index (Phi) is 5.36. The first kappa shape index (κ1) is 16.5. The Morgan fingerprint density at radius 3 is 2.26 bits per heavy atom. The average molecular weight is 312 g/mol. The van der Waals surface area contributed by atoms with Crippen molar-refractivity contribution >= 4 is 23.3 Å². The monoisotopic (exact) mass is 312 g/mol. The average Bonchev–Trinajstić information content (AvgIpc) is 2.56. The van der Waals surface area contributed by atoms with Gasteiger partial charge in [0.1, 0.15) is 0 Å². The smallest absolute Gasteiger partial charge is 0.338 e. The fraction of sp³-hybridized carbons (Fsp3) is 0.222. The Hall–Kier alpha value is -2.82. The summed E-state index contributed by atoms with van der Waals surface area (Å²) >= 11 is 0. The lowest BCUT2D eigenvalue weighted by molar-refractivity contribution is -0.123. The van der Waals surface area contributed by atoms with E-state index in [4.69, 9.17) is 10.5 Å². The Labute approximate surface area is 135 Å². The molecule has 0 unspecified atom stereocenters. The molecule has 23 heavy (non-hydrogen) atoms. The third-order valence-electron chi connectivity index (χ3n) is 3.43. The number of nitrogen functional groups attached to an aromatic ring is 1. The Morgan fingerprint density at radius 2 is 1.70 bits per heavy atom. The summed E-state index contributed by atoms with van der Waals surface area (Å²) in [4.78, 5) is 24.0. The van der Waals surface area contributed by atoms with Gasteiger partial charge in [0.2, 0.25) is 0 Å². The number of benzene rings is 2. The highest BCUT2D eigenvalue weighted by molar-refractivity contribution is 5.97. The molecular weight excluding hydrogens is 292 g/mol. The van der Waals surface area contributed by atoms with Crippen molar-refractivity contribution in [2.45, 2.75) is 26.4 Å². The molecule has 0 aliphatic carbocycles. The lowest BCUT2D eigenvalue weighted by atomic mass is 10.1. The van der Waals surface area contributed by atoms with E-state index in [-0.39, 0.29) is 5.91 Å². The molecule has 0 saturated heterocycles. The number of aryl methyl sites for hydroxylation is 1. The van der Waals surface area contributed by atoms with Crippen LogP contribution < -0.4 is 11.1 Å². The Morgan fingerprint density at radius 1 is 1.09 bits per heavy atom. The van der Waals surface area contributed by atoms with Crippen LogP contribution in [0.3, 0.4) is 0 Å². The first-order chi connectivity index (χ1) is 11.0. The molecular formula is C18H20N2O3. The fourth-order valence-corrected chi connectivity index (χ4v) is 1.97. The number of carbonyl (C=O) groups excluding carboxylic acids is 2. The van der Waals surface area contributed by atoms with E-state index in [2.05, 4.69) is 12.2 Å². The summed E-state index contributed by atoms with van der Waals surface area (Å²) in [5, 5.41) is 2.72. The highest BCUT2D eigenvalue weighted by Crippen LogP contribution is 2.12. The van der Waals surface area contributed by atoms with Gasteiger partial charge < -0.3 is 15.8 Å². The zero-order valence-corrected chi connectivity index (χ0v) is 13.2. The molecule has 1 amide bonds. The normalized spacial score (nSPS) is 11.6. The molecule has 2 aromatic carbocycles. The van der Waals surface area contributed by atoms with E-state index in [1.807, 2.05) is 24.3 Å². The summed E-state index contributed by atoms with van der Waals surface area (Å²) in [6.45, 7) is 3.59. The van der Waals surface area contributed by atoms with Crippen LogP contribution in [0.25, 0.3) is 0 Å². The molecule has 5 nitrogen and oxygen atoms in total. The van der Waals surface area contributed by atoms with Crippen molar-refractivity contribution in [3.05, 3.63) is 59.7 Å². The van der Waals surface area contributed by atoms with Gasteiger partial charge in [-0.3, -0.25) is 4.79 Å². The molecule has 0 aliphatic rings. The highest BCUT2D eigenvalue weighted by Gasteiger charge is 2.19. The van der Waals surface area contributed by atoms with E-state index in [0.717, 1.165) is 6.42 Å². The zero-order valence-electron chi connectivity index (χ0n) is 13.2. The van der Waals surface area contributed by atoms with Gasteiger partial charge in [0.25, 0.3) is 5.91 Å². The van der Waals surface area contributed by atoms with Gasteiger partial charge in [-0.05, 0) is 55.3 Å². The van der Waals surface area contributed by atoms with Crippen molar-refractivity contribution in [1.82, 2.24) is 0 Å². The molecule has 120 valence electrons. The number of carbonyl (C=O) groups is 2. The molecule has 0 aromatic heterocycles. The summed E-state index contributed by atoms with van der Waals surface area (Å²) < 4.78 is 5.16. The van der Waals surface area contributed by atoms with Crippen molar-refractivity contribution in [1.29, 1.82) is 0 Å². The number of ether oxygens (including phenoxy) is 1. The Bertz CT molecular complexity index is 678. The number of rotatable bonds is 5. The summed E-state index contributed by atoms with van der Waals surface area (Å²) in [6.07, 6.45) is 0.0370. The molecule has 0 saturated carbocycles. The van der Waals surface area contributed by atoms with Gasteiger partial charge in [-0.1, -0.05) is 19.1 Å². The summed E-state index contributed by atoms with van der Waals surface area (Å²) in [5.74, 6) is -0.938. The minimum absolute atomic E-state index is 0.353. The van der Waals surface area contributed by atoms with Crippen LogP contribution >= 0.6 is 0 Å². The molecule has 0 heterocycles. The fourth-order valence-electron chi connectivity index (χ4n) is 1.97. The van der Waals surface area contributed by atoms with E-state index >= 15 is 0 Å².